The second kappa shape index (κ2) is 9.03. The fourth-order valence-corrected chi connectivity index (χ4v) is 4.29. The van der Waals surface area contributed by atoms with E-state index in [0.29, 0.717) is 16.8 Å². The van der Waals surface area contributed by atoms with Gasteiger partial charge in [-0.1, -0.05) is 29.8 Å². The Balaban J connectivity index is 1.81. The highest BCUT2D eigenvalue weighted by atomic mass is 32.2. The Morgan fingerprint density at radius 3 is 2.48 bits per heavy atom. The first-order valence-corrected chi connectivity index (χ1v) is 11.4. The molecule has 0 aliphatic heterocycles. The van der Waals surface area contributed by atoms with Crippen LogP contribution < -0.4 is 4.72 Å². The predicted octanol–water partition coefficient (Wildman–Crippen LogP) is 3.34. The van der Waals surface area contributed by atoms with Crippen LogP contribution in [0.1, 0.15) is 38.4 Å². The molecule has 1 aromatic heterocycles. The van der Waals surface area contributed by atoms with Gasteiger partial charge in [-0.25, -0.2) is 12.8 Å². The van der Waals surface area contributed by atoms with E-state index in [9.17, 15) is 17.6 Å². The molecule has 1 heterocycles. The van der Waals surface area contributed by atoms with Crippen molar-refractivity contribution in [2.45, 2.75) is 20.3 Å². The predicted molar refractivity (Wildman–Crippen MR) is 118 cm³/mol. The molecule has 0 amide bonds. The number of carbonyl (C=O) groups is 1. The van der Waals surface area contributed by atoms with E-state index in [1.165, 1.54) is 12.1 Å². The van der Waals surface area contributed by atoms with E-state index >= 15 is 0 Å². The van der Waals surface area contributed by atoms with Crippen LogP contribution in [0.4, 0.5) is 10.1 Å². The van der Waals surface area contributed by atoms with Gasteiger partial charge in [0.25, 0.3) is 0 Å². The minimum absolute atomic E-state index is 0.0901. The van der Waals surface area contributed by atoms with E-state index < -0.39 is 28.2 Å². The number of ketones is 1. The lowest BCUT2D eigenvalue weighted by atomic mass is 10.0. The van der Waals surface area contributed by atoms with Crippen LogP contribution in [-0.4, -0.2) is 36.2 Å². The van der Waals surface area contributed by atoms with Crippen LogP contribution in [0.2, 0.25) is 0 Å². The van der Waals surface area contributed by atoms with Crippen LogP contribution in [0.3, 0.4) is 0 Å². The third-order valence-corrected chi connectivity index (χ3v) is 6.41. The lowest BCUT2D eigenvalue weighted by Gasteiger charge is -2.11. The molecule has 0 fully saturated rings. The van der Waals surface area contributed by atoms with Crippen LogP contribution in [0.5, 0.6) is 0 Å². The summed E-state index contributed by atoms with van der Waals surface area (Å²) in [5.74, 6) is -1.12. The molecule has 31 heavy (non-hydrogen) atoms. The second-order valence-corrected chi connectivity index (χ2v) is 9.39. The highest BCUT2D eigenvalue weighted by molar-refractivity contribution is 7.92. The van der Waals surface area contributed by atoms with Crippen molar-refractivity contribution in [1.29, 1.82) is 0 Å². The van der Waals surface area contributed by atoms with Crippen molar-refractivity contribution in [3.63, 3.8) is 0 Å². The molecule has 0 aliphatic rings. The largest absolute Gasteiger partial charge is 0.395 e. The Labute approximate surface area is 181 Å². The first kappa shape index (κ1) is 22.7. The average molecular weight is 445 g/mol. The summed E-state index contributed by atoms with van der Waals surface area (Å²) in [6.07, 6.45) is 0.242. The fraction of sp³-hybridized carbons (Fsp3) is 0.261. The van der Waals surface area contributed by atoms with E-state index in [1.54, 1.807) is 23.7 Å². The zero-order valence-corrected chi connectivity index (χ0v) is 18.5. The fourth-order valence-electron chi connectivity index (χ4n) is 3.47. The maximum absolute atomic E-state index is 14.6. The number of aromatic nitrogens is 1. The molecule has 0 spiro atoms. The first-order chi connectivity index (χ1) is 14.6. The van der Waals surface area contributed by atoms with Gasteiger partial charge in [0.15, 0.2) is 0 Å². The lowest BCUT2D eigenvalue weighted by molar-refractivity contribution is 0.103. The van der Waals surface area contributed by atoms with Gasteiger partial charge in [-0.15, -0.1) is 0 Å². The number of hydrogen-bond acceptors (Lipinski definition) is 4. The maximum Gasteiger partial charge on any atom is 0.234 e. The summed E-state index contributed by atoms with van der Waals surface area (Å²) in [5.41, 5.74) is 4.33. The van der Waals surface area contributed by atoms with Crippen LogP contribution in [0.25, 0.3) is 0 Å². The van der Waals surface area contributed by atoms with Gasteiger partial charge >= 0.3 is 0 Å². The molecule has 0 aliphatic carbocycles. The first-order valence-electron chi connectivity index (χ1n) is 9.77. The molecule has 0 unspecified atom stereocenters. The van der Waals surface area contributed by atoms with Gasteiger partial charge in [0.1, 0.15) is 5.82 Å². The van der Waals surface area contributed by atoms with E-state index in [0.717, 1.165) is 22.9 Å². The normalized spacial score (nSPS) is 11.5. The molecule has 0 saturated heterocycles. The summed E-state index contributed by atoms with van der Waals surface area (Å²) in [4.78, 5) is 13.0. The van der Waals surface area contributed by atoms with Crippen molar-refractivity contribution in [2.24, 2.45) is 7.05 Å². The number of halogens is 1. The Kier molecular flexibility index (Phi) is 6.62. The molecule has 8 heteroatoms. The number of rotatable bonds is 8. The molecule has 0 radical (unpaired) electrons. The van der Waals surface area contributed by atoms with E-state index in [4.69, 9.17) is 5.11 Å². The summed E-state index contributed by atoms with van der Waals surface area (Å²) in [5, 5.41) is 8.79. The monoisotopic (exact) mass is 444 g/mol. The third kappa shape index (κ3) is 5.21. The highest BCUT2D eigenvalue weighted by Crippen LogP contribution is 2.22. The molecular formula is C23H25FN2O4S. The zero-order chi connectivity index (χ0) is 22.8. The Morgan fingerprint density at radius 1 is 1.10 bits per heavy atom. The number of benzene rings is 2. The molecule has 6 nitrogen and oxygen atoms in total. The molecule has 0 atom stereocenters. The number of aliphatic hydroxyl groups excluding tert-OH is 1. The van der Waals surface area contributed by atoms with E-state index in [-0.39, 0.29) is 17.9 Å². The van der Waals surface area contributed by atoms with E-state index in [2.05, 4.69) is 4.72 Å². The van der Waals surface area contributed by atoms with Crippen molar-refractivity contribution in [3.05, 3.63) is 88.0 Å². The van der Waals surface area contributed by atoms with Crippen LogP contribution >= 0.6 is 0 Å². The van der Waals surface area contributed by atoms with Crippen LogP contribution in [0.15, 0.2) is 48.5 Å². The number of sulfonamides is 1. The van der Waals surface area contributed by atoms with Crippen LogP contribution in [-0.2, 0) is 23.5 Å². The number of nitrogens with one attached hydrogen (secondary N) is 1. The van der Waals surface area contributed by atoms with Crippen molar-refractivity contribution < 1.29 is 22.7 Å². The number of aliphatic hydroxyl groups is 1. The number of aryl methyl sites for hydroxylation is 2. The Hall–Kier alpha value is -2.97. The van der Waals surface area contributed by atoms with Gasteiger partial charge in [-0.2, -0.15) is 0 Å². The van der Waals surface area contributed by atoms with Gasteiger partial charge < -0.3 is 9.67 Å². The molecule has 2 N–H and O–H groups in total. The summed E-state index contributed by atoms with van der Waals surface area (Å²) >= 11 is 0. The topological polar surface area (TPSA) is 88.4 Å². The standard InChI is InChI=1S/C23H25FN2O4S/c1-15-4-8-20(16(2)12-15)23(28)22-9-7-19(26(22)3)13-17-5-6-18(14-21(17)24)25-31(29,30)11-10-27/h4-9,12,14,25,27H,10-11,13H2,1-3H3. The summed E-state index contributed by atoms with van der Waals surface area (Å²) in [7, 11) is -1.96. The number of carbonyl (C=O) groups excluding carboxylic acids is 1. The minimum Gasteiger partial charge on any atom is -0.395 e. The maximum atomic E-state index is 14.6. The van der Waals surface area contributed by atoms with Crippen molar-refractivity contribution in [3.8, 4) is 0 Å². The van der Waals surface area contributed by atoms with Gasteiger partial charge in [0, 0.05) is 24.7 Å². The molecular weight excluding hydrogens is 419 g/mol. The number of anilines is 1. The Bertz CT molecular complexity index is 1230. The van der Waals surface area contributed by atoms with Crippen LogP contribution in [0, 0.1) is 19.7 Å². The minimum atomic E-state index is -3.73. The second-order valence-electron chi connectivity index (χ2n) is 7.54. The molecule has 164 valence electrons. The zero-order valence-electron chi connectivity index (χ0n) is 17.6. The number of hydrogen-bond donors (Lipinski definition) is 2. The van der Waals surface area contributed by atoms with Crippen molar-refractivity contribution in [1.82, 2.24) is 4.57 Å². The smallest absolute Gasteiger partial charge is 0.234 e. The van der Waals surface area contributed by atoms with Crippen molar-refractivity contribution in [2.75, 3.05) is 17.1 Å². The molecule has 3 aromatic rings. The van der Waals surface area contributed by atoms with E-state index in [1.807, 2.05) is 32.0 Å². The lowest BCUT2D eigenvalue weighted by Crippen LogP contribution is -2.19. The molecule has 3 rings (SSSR count). The van der Waals surface area contributed by atoms with Gasteiger partial charge in [0.05, 0.1) is 23.7 Å². The third-order valence-electron chi connectivity index (χ3n) is 5.14. The Morgan fingerprint density at radius 2 is 1.84 bits per heavy atom. The molecule has 2 aromatic carbocycles. The number of nitrogens with zero attached hydrogens (tertiary/aromatic N) is 1. The SMILES string of the molecule is Cc1ccc(C(=O)c2ccc(Cc3ccc(NS(=O)(=O)CCO)cc3F)n2C)c(C)c1. The average Bonchev–Trinajstić information content (AvgIpc) is 3.03. The van der Waals surface area contributed by atoms with Gasteiger partial charge in [-0.05, 0) is 49.2 Å². The van der Waals surface area contributed by atoms with Gasteiger partial charge in [-0.3, -0.25) is 9.52 Å². The van der Waals surface area contributed by atoms with Crippen molar-refractivity contribution >= 4 is 21.5 Å². The summed E-state index contributed by atoms with van der Waals surface area (Å²) in [6.45, 7) is 3.35. The molecule has 0 saturated carbocycles. The van der Waals surface area contributed by atoms with Gasteiger partial charge in [0.2, 0.25) is 15.8 Å². The quantitative estimate of drug-likeness (QED) is 0.522. The summed E-state index contributed by atoms with van der Waals surface area (Å²) in [6, 6.07) is 13.3. The highest BCUT2D eigenvalue weighted by Gasteiger charge is 2.18. The summed E-state index contributed by atoms with van der Waals surface area (Å²) < 4.78 is 42.0. The molecule has 0 bridgehead atoms.